The zero-order valence-electron chi connectivity index (χ0n) is 10.9. The first-order chi connectivity index (χ1) is 8.08. The van der Waals surface area contributed by atoms with E-state index in [1.165, 1.54) is 0 Å². The molecule has 0 spiro atoms. The monoisotopic (exact) mass is 266 g/mol. The summed E-state index contributed by atoms with van der Waals surface area (Å²) in [6.07, 6.45) is 1.70. The summed E-state index contributed by atoms with van der Waals surface area (Å²) in [5.74, 6) is -0.355. The molecule has 0 fully saturated rings. The van der Waals surface area contributed by atoms with Crippen LogP contribution in [0.4, 0.5) is 0 Å². The number of ether oxygens (including phenoxy) is 1. The lowest BCUT2D eigenvalue weighted by Gasteiger charge is -2.16. The van der Waals surface area contributed by atoms with E-state index in [9.17, 15) is 9.36 Å². The maximum absolute atomic E-state index is 12.1. The van der Waals surface area contributed by atoms with Crippen LogP contribution in [0.1, 0.15) is 40.0 Å². The summed E-state index contributed by atoms with van der Waals surface area (Å²) in [4.78, 5) is 11.3. The Labute approximate surface area is 103 Å². The van der Waals surface area contributed by atoms with Gasteiger partial charge in [0, 0.05) is 0 Å². The third-order valence-corrected chi connectivity index (χ3v) is 3.87. The molecule has 0 saturated carbocycles. The Balaban J connectivity index is 4.06. The molecular weight excluding hydrogens is 243 g/mol. The Morgan fingerprint density at radius 1 is 1.06 bits per heavy atom. The Hall–Kier alpha value is -0.380. The number of carbonyl (C=O) groups excluding carboxylic acids is 1. The van der Waals surface area contributed by atoms with Crippen LogP contribution in [0.3, 0.4) is 0 Å². The molecule has 0 aromatic carbocycles. The van der Waals surface area contributed by atoms with Crippen LogP contribution in [0.2, 0.25) is 0 Å². The van der Waals surface area contributed by atoms with E-state index in [0.29, 0.717) is 19.8 Å². The zero-order chi connectivity index (χ0) is 13.1. The average Bonchev–Trinajstić information content (AvgIpc) is 2.32. The van der Waals surface area contributed by atoms with E-state index in [1.807, 2.05) is 13.8 Å². The van der Waals surface area contributed by atoms with Crippen LogP contribution >= 0.6 is 7.60 Å². The van der Waals surface area contributed by atoms with Gasteiger partial charge < -0.3 is 13.8 Å². The SMILES string of the molecule is CCCOC(=O)CCP(=O)(OCC)OCCC. The van der Waals surface area contributed by atoms with Crippen LogP contribution in [-0.4, -0.2) is 32.0 Å². The van der Waals surface area contributed by atoms with Crippen LogP contribution in [0.5, 0.6) is 0 Å². The minimum absolute atomic E-state index is 0.0704. The molecule has 0 heterocycles. The first-order valence-electron chi connectivity index (χ1n) is 6.11. The fourth-order valence-electron chi connectivity index (χ4n) is 1.11. The lowest BCUT2D eigenvalue weighted by molar-refractivity contribution is -0.143. The maximum Gasteiger partial charge on any atom is 0.331 e. The molecule has 0 saturated heterocycles. The molecule has 0 rings (SSSR count). The van der Waals surface area contributed by atoms with Crippen molar-refractivity contribution in [3.63, 3.8) is 0 Å². The van der Waals surface area contributed by atoms with Crippen molar-refractivity contribution in [1.29, 1.82) is 0 Å². The molecule has 0 aliphatic heterocycles. The van der Waals surface area contributed by atoms with Gasteiger partial charge in [0.15, 0.2) is 0 Å². The van der Waals surface area contributed by atoms with Gasteiger partial charge in [-0.3, -0.25) is 9.36 Å². The van der Waals surface area contributed by atoms with E-state index in [-0.39, 0.29) is 18.6 Å². The van der Waals surface area contributed by atoms with Crippen molar-refractivity contribution in [2.75, 3.05) is 26.0 Å². The molecule has 0 bridgehead atoms. The molecule has 17 heavy (non-hydrogen) atoms. The summed E-state index contributed by atoms with van der Waals surface area (Å²) in [6.45, 7) is 6.67. The third-order valence-electron chi connectivity index (χ3n) is 1.87. The predicted molar refractivity (Wildman–Crippen MR) is 66.2 cm³/mol. The second kappa shape index (κ2) is 9.63. The van der Waals surface area contributed by atoms with Crippen molar-refractivity contribution in [3.8, 4) is 0 Å². The van der Waals surface area contributed by atoms with Gasteiger partial charge in [-0.05, 0) is 19.8 Å². The van der Waals surface area contributed by atoms with Crippen LogP contribution in [-0.2, 0) is 23.1 Å². The average molecular weight is 266 g/mol. The number of esters is 1. The van der Waals surface area contributed by atoms with Crippen molar-refractivity contribution in [2.45, 2.75) is 40.0 Å². The summed E-state index contributed by atoms with van der Waals surface area (Å²) in [7, 11) is -3.12. The minimum Gasteiger partial charge on any atom is -0.466 e. The Bertz CT molecular complexity index is 254. The molecule has 0 aromatic heterocycles. The van der Waals surface area contributed by atoms with Gasteiger partial charge in [0.05, 0.1) is 32.4 Å². The van der Waals surface area contributed by atoms with Gasteiger partial charge in [-0.2, -0.15) is 0 Å². The summed E-state index contributed by atoms with van der Waals surface area (Å²) < 4.78 is 27.3. The second-order valence-corrected chi connectivity index (χ2v) is 5.74. The second-order valence-electron chi connectivity index (χ2n) is 3.56. The normalized spacial score (nSPS) is 14.3. The molecule has 6 heteroatoms. The fraction of sp³-hybridized carbons (Fsp3) is 0.909. The molecule has 0 aliphatic rings. The molecular formula is C11H23O5P. The smallest absolute Gasteiger partial charge is 0.331 e. The van der Waals surface area contributed by atoms with Gasteiger partial charge in [0.25, 0.3) is 0 Å². The lowest BCUT2D eigenvalue weighted by Crippen LogP contribution is -2.10. The quantitative estimate of drug-likeness (QED) is 0.449. The zero-order valence-corrected chi connectivity index (χ0v) is 11.8. The Morgan fingerprint density at radius 3 is 2.24 bits per heavy atom. The van der Waals surface area contributed by atoms with E-state index in [1.54, 1.807) is 6.92 Å². The van der Waals surface area contributed by atoms with Crippen molar-refractivity contribution < 1.29 is 23.1 Å². The molecule has 5 nitrogen and oxygen atoms in total. The van der Waals surface area contributed by atoms with Crippen molar-refractivity contribution in [3.05, 3.63) is 0 Å². The fourth-order valence-corrected chi connectivity index (χ4v) is 2.75. The predicted octanol–water partition coefficient (Wildman–Crippen LogP) is 2.99. The molecule has 0 aliphatic carbocycles. The number of hydrogen-bond acceptors (Lipinski definition) is 5. The standard InChI is InChI=1S/C11H23O5P/c1-4-8-14-11(12)7-10-17(13,15-6-3)16-9-5-2/h4-10H2,1-3H3. The highest BCUT2D eigenvalue weighted by Gasteiger charge is 2.25. The molecule has 0 aromatic rings. The van der Waals surface area contributed by atoms with Crippen LogP contribution in [0, 0.1) is 0 Å². The summed E-state index contributed by atoms with van der Waals surface area (Å²) in [6, 6.07) is 0. The minimum atomic E-state index is -3.12. The Morgan fingerprint density at radius 2 is 1.71 bits per heavy atom. The Kier molecular flexibility index (Phi) is 9.41. The van der Waals surface area contributed by atoms with Gasteiger partial charge >= 0.3 is 13.6 Å². The van der Waals surface area contributed by atoms with Crippen molar-refractivity contribution in [1.82, 2.24) is 0 Å². The summed E-state index contributed by atoms with van der Waals surface area (Å²) >= 11 is 0. The first kappa shape index (κ1) is 16.6. The van der Waals surface area contributed by atoms with Crippen molar-refractivity contribution in [2.24, 2.45) is 0 Å². The number of hydrogen-bond donors (Lipinski definition) is 0. The number of rotatable bonds is 10. The van der Waals surface area contributed by atoms with Crippen LogP contribution < -0.4 is 0 Å². The van der Waals surface area contributed by atoms with Gasteiger partial charge in [-0.1, -0.05) is 13.8 Å². The topological polar surface area (TPSA) is 61.8 Å². The first-order valence-corrected chi connectivity index (χ1v) is 7.84. The highest BCUT2D eigenvalue weighted by molar-refractivity contribution is 7.53. The summed E-state index contributed by atoms with van der Waals surface area (Å²) in [5, 5.41) is 0. The lowest BCUT2D eigenvalue weighted by atomic mass is 10.5. The van der Waals surface area contributed by atoms with Gasteiger partial charge in [0.1, 0.15) is 0 Å². The summed E-state index contributed by atoms with van der Waals surface area (Å²) in [5.41, 5.74) is 0. The van der Waals surface area contributed by atoms with E-state index in [0.717, 1.165) is 12.8 Å². The van der Waals surface area contributed by atoms with Crippen LogP contribution in [0.25, 0.3) is 0 Å². The van der Waals surface area contributed by atoms with Gasteiger partial charge in [-0.25, -0.2) is 0 Å². The number of carbonyl (C=O) groups is 1. The molecule has 1 unspecified atom stereocenters. The van der Waals surface area contributed by atoms with E-state index < -0.39 is 7.60 Å². The molecule has 102 valence electrons. The third kappa shape index (κ3) is 8.36. The van der Waals surface area contributed by atoms with E-state index in [4.69, 9.17) is 13.8 Å². The highest BCUT2D eigenvalue weighted by Crippen LogP contribution is 2.48. The largest absolute Gasteiger partial charge is 0.466 e. The highest BCUT2D eigenvalue weighted by atomic mass is 31.2. The van der Waals surface area contributed by atoms with Gasteiger partial charge in [-0.15, -0.1) is 0 Å². The molecule has 0 N–H and O–H groups in total. The van der Waals surface area contributed by atoms with Crippen LogP contribution in [0.15, 0.2) is 0 Å². The molecule has 1 atom stereocenters. The van der Waals surface area contributed by atoms with E-state index in [2.05, 4.69) is 0 Å². The molecule has 0 amide bonds. The van der Waals surface area contributed by atoms with E-state index >= 15 is 0 Å². The molecule has 0 radical (unpaired) electrons. The maximum atomic E-state index is 12.1. The van der Waals surface area contributed by atoms with Gasteiger partial charge in [0.2, 0.25) is 0 Å². The van der Waals surface area contributed by atoms with Crippen molar-refractivity contribution >= 4 is 13.6 Å².